The number of benzene rings is 1. The summed E-state index contributed by atoms with van der Waals surface area (Å²) >= 11 is 6.04. The molecule has 2 aromatic rings. The molecule has 1 atom stereocenters. The maximum atomic E-state index is 9.93. The van der Waals surface area contributed by atoms with Gasteiger partial charge in [0.2, 0.25) is 0 Å². The molecule has 2 nitrogen and oxygen atoms in total. The van der Waals surface area contributed by atoms with Gasteiger partial charge in [-0.25, -0.2) is 0 Å². The van der Waals surface area contributed by atoms with Crippen LogP contribution in [0, 0.1) is 0 Å². The Hall–Kier alpha value is -1.25. The number of aryl methyl sites for hydroxylation is 1. The Balaban J connectivity index is 1.85. The smallest absolute Gasteiger partial charge is 0.103 e. The van der Waals surface area contributed by atoms with Gasteiger partial charge in [-0.15, -0.1) is 0 Å². The quantitative estimate of drug-likeness (QED) is 0.882. The minimum Gasteiger partial charge on any atom is -0.469 e. The van der Waals surface area contributed by atoms with E-state index in [9.17, 15) is 5.11 Å². The summed E-state index contributed by atoms with van der Waals surface area (Å²) in [5.74, 6) is 0.906. The molecular formula is C14H15ClO2. The Labute approximate surface area is 106 Å². The lowest BCUT2D eigenvalue weighted by Gasteiger charge is -2.10. The highest BCUT2D eigenvalue weighted by molar-refractivity contribution is 6.31. The van der Waals surface area contributed by atoms with Crippen molar-refractivity contribution in [2.75, 3.05) is 0 Å². The van der Waals surface area contributed by atoms with Crippen molar-refractivity contribution >= 4 is 11.6 Å². The van der Waals surface area contributed by atoms with E-state index in [1.54, 1.807) is 6.26 Å². The van der Waals surface area contributed by atoms with Crippen molar-refractivity contribution < 1.29 is 9.52 Å². The zero-order valence-electron chi connectivity index (χ0n) is 9.47. The van der Waals surface area contributed by atoms with Crippen LogP contribution in [-0.2, 0) is 12.8 Å². The van der Waals surface area contributed by atoms with Crippen LogP contribution in [0.3, 0.4) is 0 Å². The molecule has 0 saturated carbocycles. The van der Waals surface area contributed by atoms with Crippen molar-refractivity contribution in [3.05, 3.63) is 59.0 Å². The summed E-state index contributed by atoms with van der Waals surface area (Å²) in [4.78, 5) is 0. The standard InChI is InChI=1S/C14H15ClO2/c15-14-6-2-1-4-11(14)10-12(16)7-8-13-5-3-9-17-13/h1-6,9,12,16H,7-8,10H2. The highest BCUT2D eigenvalue weighted by Crippen LogP contribution is 2.18. The molecule has 0 spiro atoms. The lowest BCUT2D eigenvalue weighted by atomic mass is 10.0. The van der Waals surface area contributed by atoms with Gasteiger partial charge < -0.3 is 9.52 Å². The van der Waals surface area contributed by atoms with Gasteiger partial charge in [-0.05, 0) is 36.6 Å². The van der Waals surface area contributed by atoms with Crippen LogP contribution in [0.2, 0.25) is 5.02 Å². The van der Waals surface area contributed by atoms with Crippen LogP contribution in [0.4, 0.5) is 0 Å². The average Bonchev–Trinajstić information content (AvgIpc) is 2.82. The zero-order chi connectivity index (χ0) is 12.1. The van der Waals surface area contributed by atoms with Gasteiger partial charge in [0, 0.05) is 11.4 Å². The average molecular weight is 251 g/mol. The Morgan fingerprint density at radius 2 is 2.00 bits per heavy atom. The van der Waals surface area contributed by atoms with Crippen LogP contribution in [-0.4, -0.2) is 11.2 Å². The molecule has 0 aliphatic rings. The topological polar surface area (TPSA) is 33.4 Å². The number of furan rings is 1. The SMILES string of the molecule is OC(CCc1ccco1)Cc1ccccc1Cl. The van der Waals surface area contributed by atoms with Gasteiger partial charge in [-0.2, -0.15) is 0 Å². The predicted molar refractivity (Wildman–Crippen MR) is 68.2 cm³/mol. The maximum absolute atomic E-state index is 9.93. The van der Waals surface area contributed by atoms with Gasteiger partial charge in [0.15, 0.2) is 0 Å². The molecule has 0 aliphatic carbocycles. The molecule has 90 valence electrons. The Morgan fingerprint density at radius 3 is 2.71 bits per heavy atom. The number of hydrogen-bond acceptors (Lipinski definition) is 2. The highest BCUT2D eigenvalue weighted by atomic mass is 35.5. The fourth-order valence-electron chi connectivity index (χ4n) is 1.78. The molecule has 1 unspecified atom stereocenters. The van der Waals surface area contributed by atoms with Gasteiger partial charge >= 0.3 is 0 Å². The van der Waals surface area contributed by atoms with Gasteiger partial charge in [0.1, 0.15) is 5.76 Å². The Morgan fingerprint density at radius 1 is 1.18 bits per heavy atom. The van der Waals surface area contributed by atoms with Crippen molar-refractivity contribution in [1.82, 2.24) is 0 Å². The third-order valence-electron chi connectivity index (χ3n) is 2.72. The Kier molecular flexibility index (Phi) is 4.24. The van der Waals surface area contributed by atoms with E-state index in [1.165, 1.54) is 0 Å². The van der Waals surface area contributed by atoms with Gasteiger partial charge in [-0.1, -0.05) is 29.8 Å². The van der Waals surface area contributed by atoms with Gasteiger partial charge in [0.05, 0.1) is 12.4 Å². The van der Waals surface area contributed by atoms with Crippen molar-refractivity contribution in [3.8, 4) is 0 Å². The first-order valence-corrected chi connectivity index (χ1v) is 6.07. The third kappa shape index (κ3) is 3.62. The fraction of sp³-hybridized carbons (Fsp3) is 0.286. The molecule has 17 heavy (non-hydrogen) atoms. The normalized spacial score (nSPS) is 12.6. The van der Waals surface area contributed by atoms with Crippen LogP contribution < -0.4 is 0 Å². The first-order chi connectivity index (χ1) is 8.25. The van der Waals surface area contributed by atoms with E-state index in [0.717, 1.165) is 17.7 Å². The molecule has 0 bridgehead atoms. The van der Waals surface area contributed by atoms with Crippen molar-refractivity contribution in [1.29, 1.82) is 0 Å². The molecule has 1 aromatic heterocycles. The third-order valence-corrected chi connectivity index (χ3v) is 3.09. The maximum Gasteiger partial charge on any atom is 0.103 e. The van der Waals surface area contributed by atoms with Crippen LogP contribution >= 0.6 is 11.6 Å². The Bertz CT molecular complexity index is 451. The number of rotatable bonds is 5. The number of aliphatic hydroxyl groups excluding tert-OH is 1. The van der Waals surface area contributed by atoms with Crippen LogP contribution in [0.5, 0.6) is 0 Å². The van der Waals surface area contributed by atoms with Crippen molar-refractivity contribution in [2.24, 2.45) is 0 Å². The number of aliphatic hydroxyl groups is 1. The molecule has 0 amide bonds. The van der Waals surface area contributed by atoms with E-state index < -0.39 is 0 Å². The molecule has 3 heteroatoms. The molecule has 0 radical (unpaired) electrons. The summed E-state index contributed by atoms with van der Waals surface area (Å²) in [6.45, 7) is 0. The molecular weight excluding hydrogens is 236 g/mol. The van der Waals surface area contributed by atoms with E-state index in [1.807, 2.05) is 36.4 Å². The minimum atomic E-state index is -0.389. The molecule has 1 heterocycles. The predicted octanol–water partition coefficient (Wildman–Crippen LogP) is 3.47. The summed E-state index contributed by atoms with van der Waals surface area (Å²) in [5, 5.41) is 10.6. The lowest BCUT2D eigenvalue weighted by Crippen LogP contribution is -2.11. The minimum absolute atomic E-state index is 0.389. The summed E-state index contributed by atoms with van der Waals surface area (Å²) < 4.78 is 5.22. The van der Waals surface area contributed by atoms with E-state index >= 15 is 0 Å². The van der Waals surface area contributed by atoms with E-state index in [2.05, 4.69) is 0 Å². The first-order valence-electron chi connectivity index (χ1n) is 5.69. The second-order valence-electron chi connectivity index (χ2n) is 4.07. The summed E-state index contributed by atoms with van der Waals surface area (Å²) in [6, 6.07) is 11.4. The zero-order valence-corrected chi connectivity index (χ0v) is 10.2. The first kappa shape index (κ1) is 12.2. The van der Waals surface area contributed by atoms with Crippen LogP contribution in [0.15, 0.2) is 47.1 Å². The van der Waals surface area contributed by atoms with E-state index in [-0.39, 0.29) is 6.10 Å². The molecule has 0 fully saturated rings. The molecule has 1 N–H and O–H groups in total. The van der Waals surface area contributed by atoms with E-state index in [0.29, 0.717) is 17.9 Å². The monoisotopic (exact) mass is 250 g/mol. The van der Waals surface area contributed by atoms with Crippen molar-refractivity contribution in [2.45, 2.75) is 25.4 Å². The second kappa shape index (κ2) is 5.89. The summed E-state index contributed by atoms with van der Waals surface area (Å²) in [7, 11) is 0. The molecule has 2 rings (SSSR count). The van der Waals surface area contributed by atoms with Gasteiger partial charge in [0.25, 0.3) is 0 Å². The largest absolute Gasteiger partial charge is 0.469 e. The van der Waals surface area contributed by atoms with Crippen molar-refractivity contribution in [3.63, 3.8) is 0 Å². The molecule has 0 saturated heterocycles. The van der Waals surface area contributed by atoms with E-state index in [4.69, 9.17) is 16.0 Å². The molecule has 0 aliphatic heterocycles. The second-order valence-corrected chi connectivity index (χ2v) is 4.47. The fourth-order valence-corrected chi connectivity index (χ4v) is 2.00. The lowest BCUT2D eigenvalue weighted by molar-refractivity contribution is 0.163. The van der Waals surface area contributed by atoms with Crippen LogP contribution in [0.25, 0.3) is 0 Å². The highest BCUT2D eigenvalue weighted by Gasteiger charge is 2.09. The number of halogens is 1. The molecule has 1 aromatic carbocycles. The van der Waals surface area contributed by atoms with Crippen LogP contribution in [0.1, 0.15) is 17.7 Å². The van der Waals surface area contributed by atoms with Gasteiger partial charge in [-0.3, -0.25) is 0 Å². The number of hydrogen-bond donors (Lipinski definition) is 1. The summed E-state index contributed by atoms with van der Waals surface area (Å²) in [6.07, 6.45) is 3.27. The summed E-state index contributed by atoms with van der Waals surface area (Å²) in [5.41, 5.74) is 0.987.